The number of hydrogen-bond donors (Lipinski definition) is 4. The van der Waals surface area contributed by atoms with E-state index in [4.69, 9.17) is 33.2 Å². The highest BCUT2D eigenvalue weighted by Crippen LogP contribution is 2.01. The van der Waals surface area contributed by atoms with Crippen molar-refractivity contribution in [3.63, 3.8) is 0 Å². The second-order valence-corrected chi connectivity index (χ2v) is 9.38. The summed E-state index contributed by atoms with van der Waals surface area (Å²) in [5.74, 6) is -0.0997. The van der Waals surface area contributed by atoms with Crippen molar-refractivity contribution >= 4 is 37.5 Å². The van der Waals surface area contributed by atoms with Crippen molar-refractivity contribution in [3.8, 4) is 0 Å². The first-order valence-electron chi connectivity index (χ1n) is 15.5. The van der Waals surface area contributed by atoms with E-state index in [9.17, 15) is 24.0 Å². The van der Waals surface area contributed by atoms with E-state index in [1.54, 1.807) is 14.2 Å². The Hall–Kier alpha value is -3.18. The van der Waals surface area contributed by atoms with E-state index in [0.29, 0.717) is 84.6 Å². The second kappa shape index (κ2) is 41.8. The fourth-order valence-electron chi connectivity index (χ4n) is 3.12. The molecule has 0 radical (unpaired) electrons. The van der Waals surface area contributed by atoms with E-state index in [-0.39, 0.29) is 32.1 Å². The Morgan fingerprint density at radius 1 is 0.652 bits per heavy atom. The van der Waals surface area contributed by atoms with Crippen LogP contribution in [0.2, 0.25) is 0 Å². The zero-order valence-corrected chi connectivity index (χ0v) is 28.0. The molecule has 0 aliphatic rings. The number of nitrogens with one attached hydrogen (secondary N) is 4. The molecule has 46 heavy (non-hydrogen) atoms. The van der Waals surface area contributed by atoms with E-state index in [2.05, 4.69) is 21.3 Å². The van der Waals surface area contributed by atoms with Crippen molar-refractivity contribution in [2.75, 3.05) is 93.7 Å². The first-order chi connectivity index (χ1) is 22.4. The van der Waals surface area contributed by atoms with Crippen LogP contribution in [-0.2, 0) is 47.6 Å². The van der Waals surface area contributed by atoms with Crippen LogP contribution < -0.4 is 21.3 Å². The maximum Gasteiger partial charge on any atom is 0.407 e. The summed E-state index contributed by atoms with van der Waals surface area (Å²) >= 11 is 0. The summed E-state index contributed by atoms with van der Waals surface area (Å²) in [7, 11) is 5.08. The largest absolute Gasteiger partial charge is 0.447 e. The van der Waals surface area contributed by atoms with Gasteiger partial charge in [0.05, 0.1) is 6.61 Å². The number of aldehydes is 2. The van der Waals surface area contributed by atoms with Gasteiger partial charge in [-0.05, 0) is 52.1 Å². The molecule has 0 unspecified atom stereocenters. The smallest absolute Gasteiger partial charge is 0.407 e. The Balaban J connectivity index is -0.00000180. The molecule has 0 aromatic rings. The van der Waals surface area contributed by atoms with Gasteiger partial charge < -0.3 is 64.1 Å². The van der Waals surface area contributed by atoms with Crippen molar-refractivity contribution < 1.29 is 57.2 Å². The standard InChI is InChI=1S/C24H48N4O9.C5H8O2.CH2O/c1-25-10-4-5-16-34-18-13-26-22(29)9-6-17-35-21(19-36-23(30)27-11-7-14-32-2)20-37-24(31)28-12-8-15-33-3;6-4-2-1-3-5-7;1-2/h21,25H,4-20H2,1-3H3,(H,26,29)(H,27,30)(H,28,31);4-5H,1-3H2;1H2. The Kier molecular flexibility index (Phi) is 42.9. The minimum Gasteiger partial charge on any atom is -0.447 e. The molecule has 0 aliphatic heterocycles. The summed E-state index contributed by atoms with van der Waals surface area (Å²) in [6.45, 7) is 6.46. The summed E-state index contributed by atoms with van der Waals surface area (Å²) in [5, 5.41) is 11.1. The molecule has 0 saturated heterocycles. The van der Waals surface area contributed by atoms with Crippen LogP contribution in [0.15, 0.2) is 0 Å². The number of amides is 3. The van der Waals surface area contributed by atoms with E-state index >= 15 is 0 Å². The molecule has 0 saturated carbocycles. The Labute approximate surface area is 273 Å². The van der Waals surface area contributed by atoms with Gasteiger partial charge in [0.15, 0.2) is 0 Å². The molecule has 16 nitrogen and oxygen atoms in total. The minimum atomic E-state index is -0.672. The van der Waals surface area contributed by atoms with E-state index < -0.39 is 18.3 Å². The van der Waals surface area contributed by atoms with Gasteiger partial charge in [-0.15, -0.1) is 0 Å². The molecule has 0 atom stereocenters. The van der Waals surface area contributed by atoms with Crippen LogP contribution in [0.3, 0.4) is 0 Å². The first-order valence-corrected chi connectivity index (χ1v) is 15.5. The molecule has 0 aromatic heterocycles. The molecule has 270 valence electrons. The molecule has 0 bridgehead atoms. The molecule has 0 aromatic carbocycles. The molecule has 3 amide bonds. The van der Waals surface area contributed by atoms with Crippen molar-refractivity contribution in [2.24, 2.45) is 0 Å². The van der Waals surface area contributed by atoms with Gasteiger partial charge in [-0.2, -0.15) is 0 Å². The number of alkyl carbamates (subject to hydrolysis) is 2. The molecule has 4 N–H and O–H groups in total. The predicted octanol–water partition coefficient (Wildman–Crippen LogP) is 1.18. The number of ether oxygens (including phenoxy) is 6. The molecule has 16 heteroatoms. The summed E-state index contributed by atoms with van der Waals surface area (Å²) in [6, 6.07) is 0. The number of hydrogen-bond acceptors (Lipinski definition) is 13. The van der Waals surface area contributed by atoms with Crippen molar-refractivity contribution in [3.05, 3.63) is 0 Å². The Bertz CT molecular complexity index is 683. The Morgan fingerprint density at radius 3 is 1.72 bits per heavy atom. The fraction of sp³-hybridized carbons (Fsp3) is 0.800. The van der Waals surface area contributed by atoms with E-state index in [1.807, 2.05) is 13.8 Å². The zero-order chi connectivity index (χ0) is 34.9. The second-order valence-electron chi connectivity index (χ2n) is 9.38. The van der Waals surface area contributed by atoms with E-state index in [0.717, 1.165) is 32.0 Å². The van der Waals surface area contributed by atoms with Crippen LogP contribution in [-0.4, -0.2) is 137 Å². The van der Waals surface area contributed by atoms with Gasteiger partial charge in [0.2, 0.25) is 5.91 Å². The van der Waals surface area contributed by atoms with Gasteiger partial charge in [-0.3, -0.25) is 4.79 Å². The lowest BCUT2D eigenvalue weighted by Crippen LogP contribution is -2.35. The lowest BCUT2D eigenvalue weighted by molar-refractivity contribution is -0.122. The molecular formula is C30H58N4O12. The predicted molar refractivity (Wildman–Crippen MR) is 171 cm³/mol. The molecule has 0 spiro atoms. The van der Waals surface area contributed by atoms with Crippen molar-refractivity contribution in [1.29, 1.82) is 0 Å². The lowest BCUT2D eigenvalue weighted by Gasteiger charge is -2.18. The van der Waals surface area contributed by atoms with Gasteiger partial charge in [0.1, 0.15) is 38.7 Å². The third-order valence-corrected chi connectivity index (χ3v) is 5.47. The maximum absolute atomic E-state index is 12.0. The monoisotopic (exact) mass is 666 g/mol. The van der Waals surface area contributed by atoms with E-state index in [1.165, 1.54) is 0 Å². The third kappa shape index (κ3) is 40.8. The van der Waals surface area contributed by atoms with Crippen LogP contribution in [0.4, 0.5) is 9.59 Å². The maximum atomic E-state index is 12.0. The fourth-order valence-corrected chi connectivity index (χ4v) is 3.12. The number of unbranched alkanes of at least 4 members (excludes halogenated alkanes) is 3. The topological polar surface area (TPSA) is 206 Å². The number of rotatable bonds is 29. The molecule has 0 heterocycles. The number of methoxy groups -OCH3 is 2. The van der Waals surface area contributed by atoms with Crippen LogP contribution in [0.25, 0.3) is 0 Å². The van der Waals surface area contributed by atoms with Gasteiger partial charge in [0.25, 0.3) is 0 Å². The zero-order valence-electron chi connectivity index (χ0n) is 28.0. The molecule has 0 aliphatic carbocycles. The van der Waals surface area contributed by atoms with Gasteiger partial charge >= 0.3 is 12.2 Å². The normalized spacial score (nSPS) is 10.0. The van der Waals surface area contributed by atoms with Gasteiger partial charge in [-0.1, -0.05) is 0 Å². The molecule has 0 rings (SSSR count). The third-order valence-electron chi connectivity index (χ3n) is 5.47. The molecular weight excluding hydrogens is 608 g/mol. The molecule has 0 fully saturated rings. The minimum absolute atomic E-state index is 0.0997. The average molecular weight is 667 g/mol. The van der Waals surface area contributed by atoms with Crippen LogP contribution in [0.1, 0.15) is 57.8 Å². The van der Waals surface area contributed by atoms with Crippen LogP contribution in [0, 0.1) is 0 Å². The Morgan fingerprint density at radius 2 is 1.22 bits per heavy atom. The van der Waals surface area contributed by atoms with Gasteiger partial charge in [0, 0.05) is 79.5 Å². The lowest BCUT2D eigenvalue weighted by atomic mass is 10.3. The average Bonchev–Trinajstić information content (AvgIpc) is 3.07. The highest BCUT2D eigenvalue weighted by molar-refractivity contribution is 5.75. The quantitative estimate of drug-likeness (QED) is 0.0655. The van der Waals surface area contributed by atoms with Gasteiger partial charge in [-0.25, -0.2) is 9.59 Å². The summed E-state index contributed by atoms with van der Waals surface area (Å²) < 4.78 is 31.4. The highest BCUT2D eigenvalue weighted by atomic mass is 16.6. The number of carbonyl (C=O) groups is 6. The van der Waals surface area contributed by atoms with Crippen LogP contribution >= 0.6 is 0 Å². The van der Waals surface area contributed by atoms with Crippen molar-refractivity contribution in [2.45, 2.75) is 63.9 Å². The summed E-state index contributed by atoms with van der Waals surface area (Å²) in [5.41, 5.74) is 0. The SMILES string of the molecule is C=O.CNCCCCOCCNC(=O)CCCOC(COC(=O)NCCCOC)COC(=O)NCCCOC.O=CCCCC=O. The highest BCUT2D eigenvalue weighted by Gasteiger charge is 2.16. The first kappa shape index (κ1) is 47.2. The van der Waals surface area contributed by atoms with Crippen molar-refractivity contribution in [1.82, 2.24) is 21.3 Å². The van der Waals surface area contributed by atoms with Crippen LogP contribution in [0.5, 0.6) is 0 Å². The summed E-state index contributed by atoms with van der Waals surface area (Å²) in [4.78, 5) is 62.8. The number of carbonyl (C=O) groups excluding carboxylic acids is 6. The summed E-state index contributed by atoms with van der Waals surface area (Å²) in [6.07, 6.45) is 5.58.